The van der Waals surface area contributed by atoms with E-state index in [9.17, 15) is 4.79 Å². The average Bonchev–Trinajstić information content (AvgIpc) is 3.13. The second-order valence-electron chi connectivity index (χ2n) is 8.28. The summed E-state index contributed by atoms with van der Waals surface area (Å²) in [7, 11) is 0. The van der Waals surface area contributed by atoms with Crippen molar-refractivity contribution >= 4 is 17.5 Å². The number of carbonyl (C=O) groups excluding carboxylic acids is 1. The predicted molar refractivity (Wildman–Crippen MR) is 129 cm³/mol. The van der Waals surface area contributed by atoms with E-state index in [1.807, 2.05) is 30.7 Å². The van der Waals surface area contributed by atoms with E-state index in [4.69, 9.17) is 10.8 Å². The molecule has 0 radical (unpaired) electrons. The Morgan fingerprint density at radius 3 is 2.25 bits per heavy atom. The van der Waals surface area contributed by atoms with Crippen LogP contribution >= 0.6 is 0 Å². The Labute approximate surface area is 188 Å². The molecule has 162 valence electrons. The third kappa shape index (κ3) is 4.12. The number of amides is 1. The number of nitrogens with two attached hydrogens (primary N) is 1. The van der Waals surface area contributed by atoms with E-state index >= 15 is 0 Å². The minimum atomic E-state index is -0.519. The van der Waals surface area contributed by atoms with E-state index in [1.165, 1.54) is 5.56 Å². The summed E-state index contributed by atoms with van der Waals surface area (Å²) in [5, 5.41) is 8.25. The summed E-state index contributed by atoms with van der Waals surface area (Å²) in [5.41, 5.74) is 13.8. The zero-order chi connectivity index (χ0) is 23.0. The van der Waals surface area contributed by atoms with E-state index < -0.39 is 5.91 Å². The van der Waals surface area contributed by atoms with E-state index in [-0.39, 0.29) is 0 Å². The van der Waals surface area contributed by atoms with Crippen LogP contribution in [-0.2, 0) is 0 Å². The maximum atomic E-state index is 12.2. The SMILES string of the molecule is Cc1ccc(-c2cc(Nc3nc(C)cc(C)c3C(N)=O)n(-c3cc(C)ccc3C)n2)cc1. The molecule has 2 heterocycles. The van der Waals surface area contributed by atoms with E-state index in [0.29, 0.717) is 17.2 Å². The molecule has 0 aliphatic heterocycles. The van der Waals surface area contributed by atoms with Crippen LogP contribution in [0.15, 0.2) is 54.6 Å². The highest BCUT2D eigenvalue weighted by molar-refractivity contribution is 5.99. The van der Waals surface area contributed by atoms with Crippen LogP contribution in [0.2, 0.25) is 0 Å². The van der Waals surface area contributed by atoms with Crippen LogP contribution in [0.25, 0.3) is 16.9 Å². The molecule has 6 nitrogen and oxygen atoms in total. The zero-order valence-corrected chi connectivity index (χ0v) is 19.0. The Hall–Kier alpha value is -3.93. The number of primary amides is 1. The molecule has 0 fully saturated rings. The fraction of sp³-hybridized carbons (Fsp3) is 0.192. The van der Waals surface area contributed by atoms with Crippen molar-refractivity contribution in [2.75, 3.05) is 5.32 Å². The molecule has 1 amide bonds. The lowest BCUT2D eigenvalue weighted by Crippen LogP contribution is -2.17. The number of aryl methyl sites for hydroxylation is 5. The molecule has 0 unspecified atom stereocenters. The van der Waals surface area contributed by atoms with Crippen LogP contribution in [0, 0.1) is 34.6 Å². The van der Waals surface area contributed by atoms with Gasteiger partial charge in [-0.25, -0.2) is 9.67 Å². The third-order valence-electron chi connectivity index (χ3n) is 5.49. The van der Waals surface area contributed by atoms with Crippen molar-refractivity contribution in [2.45, 2.75) is 34.6 Å². The number of benzene rings is 2. The van der Waals surface area contributed by atoms with Crippen molar-refractivity contribution in [1.82, 2.24) is 14.8 Å². The minimum Gasteiger partial charge on any atom is -0.365 e. The lowest BCUT2D eigenvalue weighted by Gasteiger charge is -2.15. The first-order valence-electron chi connectivity index (χ1n) is 10.5. The lowest BCUT2D eigenvalue weighted by atomic mass is 10.1. The monoisotopic (exact) mass is 425 g/mol. The molecule has 0 aliphatic rings. The van der Waals surface area contributed by atoms with Gasteiger partial charge in [-0.3, -0.25) is 4.79 Å². The van der Waals surface area contributed by atoms with Gasteiger partial charge in [0, 0.05) is 17.3 Å². The number of nitrogens with zero attached hydrogens (tertiary/aromatic N) is 3. The molecule has 0 atom stereocenters. The Kier molecular flexibility index (Phi) is 5.53. The van der Waals surface area contributed by atoms with Crippen molar-refractivity contribution in [2.24, 2.45) is 5.73 Å². The normalized spacial score (nSPS) is 10.9. The van der Waals surface area contributed by atoms with Crippen LogP contribution in [0.3, 0.4) is 0 Å². The first-order chi connectivity index (χ1) is 15.2. The molecule has 32 heavy (non-hydrogen) atoms. The van der Waals surface area contributed by atoms with Gasteiger partial charge in [0.15, 0.2) is 0 Å². The highest BCUT2D eigenvalue weighted by Crippen LogP contribution is 2.30. The number of carbonyl (C=O) groups is 1. The summed E-state index contributed by atoms with van der Waals surface area (Å²) in [6.45, 7) is 9.91. The topological polar surface area (TPSA) is 85.8 Å². The first-order valence-corrected chi connectivity index (χ1v) is 10.5. The van der Waals surface area contributed by atoms with Crippen LogP contribution in [0.1, 0.15) is 38.3 Å². The van der Waals surface area contributed by atoms with Crippen molar-refractivity contribution in [1.29, 1.82) is 0 Å². The number of hydrogen-bond acceptors (Lipinski definition) is 4. The van der Waals surface area contributed by atoms with E-state index in [1.54, 1.807) is 0 Å². The maximum absolute atomic E-state index is 12.2. The molecule has 0 spiro atoms. The second kappa shape index (κ2) is 8.30. The summed E-state index contributed by atoms with van der Waals surface area (Å²) in [6, 6.07) is 18.3. The molecule has 0 saturated heterocycles. The number of hydrogen-bond donors (Lipinski definition) is 2. The molecule has 2 aromatic carbocycles. The van der Waals surface area contributed by atoms with Gasteiger partial charge in [0.1, 0.15) is 11.6 Å². The molecule has 3 N–H and O–H groups in total. The quantitative estimate of drug-likeness (QED) is 0.453. The van der Waals surface area contributed by atoms with Crippen LogP contribution in [0.5, 0.6) is 0 Å². The Bertz CT molecular complexity index is 1320. The number of pyridine rings is 1. The molecule has 4 aromatic rings. The first kappa shape index (κ1) is 21.3. The summed E-state index contributed by atoms with van der Waals surface area (Å²) in [5.74, 6) is 0.611. The highest BCUT2D eigenvalue weighted by Gasteiger charge is 2.19. The predicted octanol–water partition coefficient (Wildman–Crippen LogP) is 5.32. The van der Waals surface area contributed by atoms with E-state index in [0.717, 1.165) is 39.3 Å². The van der Waals surface area contributed by atoms with Gasteiger partial charge in [-0.15, -0.1) is 0 Å². The number of nitrogens with one attached hydrogen (secondary N) is 1. The summed E-state index contributed by atoms with van der Waals surface area (Å²) in [4.78, 5) is 16.7. The number of rotatable bonds is 5. The molecular formula is C26H27N5O. The van der Waals surface area contributed by atoms with Crippen LogP contribution in [0.4, 0.5) is 11.6 Å². The Balaban J connectivity index is 1.90. The molecular weight excluding hydrogens is 398 g/mol. The van der Waals surface area contributed by atoms with Gasteiger partial charge >= 0.3 is 0 Å². The summed E-state index contributed by atoms with van der Waals surface area (Å²) < 4.78 is 1.86. The van der Waals surface area contributed by atoms with Gasteiger partial charge < -0.3 is 11.1 Å². The standard InChI is InChI=1S/C26H27N5O/c1-15-7-10-20(11-8-15)21-14-23(31(30-21)22-12-16(2)6-9-17(22)3)29-26-24(25(27)32)18(4)13-19(5)28-26/h6-14H,1-5H3,(H2,27,32)(H,28,29). The molecule has 0 saturated carbocycles. The van der Waals surface area contributed by atoms with Gasteiger partial charge in [-0.05, 0) is 63.4 Å². The maximum Gasteiger partial charge on any atom is 0.252 e. The molecule has 4 rings (SSSR count). The second-order valence-corrected chi connectivity index (χ2v) is 8.28. The van der Waals surface area contributed by atoms with Gasteiger partial charge in [-0.1, -0.05) is 42.0 Å². The highest BCUT2D eigenvalue weighted by atomic mass is 16.1. The minimum absolute atomic E-state index is 0.376. The average molecular weight is 426 g/mol. The molecule has 6 heteroatoms. The van der Waals surface area contributed by atoms with Gasteiger partial charge in [0.05, 0.1) is 16.9 Å². The van der Waals surface area contributed by atoms with Crippen molar-refractivity contribution in [3.63, 3.8) is 0 Å². The fourth-order valence-corrected chi connectivity index (χ4v) is 3.83. The van der Waals surface area contributed by atoms with Crippen LogP contribution < -0.4 is 11.1 Å². The fourth-order valence-electron chi connectivity index (χ4n) is 3.83. The van der Waals surface area contributed by atoms with Crippen molar-refractivity contribution in [3.05, 3.63) is 88.1 Å². The molecule has 2 aromatic heterocycles. The van der Waals surface area contributed by atoms with Gasteiger partial charge in [0.25, 0.3) is 5.91 Å². The lowest BCUT2D eigenvalue weighted by molar-refractivity contribution is 0.1000. The largest absolute Gasteiger partial charge is 0.365 e. The zero-order valence-electron chi connectivity index (χ0n) is 19.0. The van der Waals surface area contributed by atoms with Gasteiger partial charge in [0.2, 0.25) is 0 Å². The van der Waals surface area contributed by atoms with Crippen LogP contribution in [-0.4, -0.2) is 20.7 Å². The smallest absolute Gasteiger partial charge is 0.252 e. The molecule has 0 aliphatic carbocycles. The number of anilines is 2. The third-order valence-corrected chi connectivity index (χ3v) is 5.49. The van der Waals surface area contributed by atoms with Gasteiger partial charge in [-0.2, -0.15) is 5.10 Å². The van der Waals surface area contributed by atoms with Crippen molar-refractivity contribution in [3.8, 4) is 16.9 Å². The summed E-state index contributed by atoms with van der Waals surface area (Å²) in [6.07, 6.45) is 0. The summed E-state index contributed by atoms with van der Waals surface area (Å²) >= 11 is 0. The Morgan fingerprint density at radius 1 is 0.875 bits per heavy atom. The van der Waals surface area contributed by atoms with Crippen molar-refractivity contribution < 1.29 is 4.79 Å². The van der Waals surface area contributed by atoms with E-state index in [2.05, 4.69) is 73.5 Å². The Morgan fingerprint density at radius 2 is 1.56 bits per heavy atom. The molecule has 0 bridgehead atoms. The number of aromatic nitrogens is 3.